The molecule has 0 spiro atoms. The molecule has 0 bridgehead atoms. The van der Waals surface area contributed by atoms with E-state index < -0.39 is 17.4 Å². The molecule has 3 aliphatic rings. The quantitative estimate of drug-likeness (QED) is 0.330. The third kappa shape index (κ3) is 7.46. The number of fused-ring (bicyclic) bond motifs is 1. The highest BCUT2D eigenvalue weighted by molar-refractivity contribution is 6.03. The Hall–Kier alpha value is -3.61. The van der Waals surface area contributed by atoms with Crippen molar-refractivity contribution in [3.63, 3.8) is 0 Å². The summed E-state index contributed by atoms with van der Waals surface area (Å²) in [4.78, 5) is 39.0. The van der Waals surface area contributed by atoms with Crippen LogP contribution >= 0.6 is 0 Å². The monoisotopic (exact) mass is 680 g/mol. The number of nitrogens with zero attached hydrogens (tertiary/aromatic N) is 6. The van der Waals surface area contributed by atoms with E-state index in [2.05, 4.69) is 28.6 Å². The first-order valence-electron chi connectivity index (χ1n) is 17.5. The highest BCUT2D eigenvalue weighted by Gasteiger charge is 2.37. The molecule has 0 saturated carbocycles. The molecule has 0 aliphatic carbocycles. The zero-order valence-electron chi connectivity index (χ0n) is 29.8. The Morgan fingerprint density at radius 1 is 1.04 bits per heavy atom. The molecule has 3 saturated heterocycles. The van der Waals surface area contributed by atoms with Crippen LogP contribution in [0.15, 0.2) is 30.5 Å². The second kappa shape index (κ2) is 14.0. The van der Waals surface area contributed by atoms with E-state index in [9.17, 15) is 14.0 Å². The summed E-state index contributed by atoms with van der Waals surface area (Å²) in [5, 5.41) is 0. The largest absolute Gasteiger partial charge is 0.444 e. The number of aromatic nitrogens is 2. The van der Waals surface area contributed by atoms with Gasteiger partial charge in [0.05, 0.1) is 24.8 Å². The summed E-state index contributed by atoms with van der Waals surface area (Å²) in [6.45, 7) is 20.5. The number of carbonyl (C=O) groups excluding carboxylic acids is 2. The third-order valence-corrected chi connectivity index (χ3v) is 10.1. The average molecular weight is 681 g/mol. The second-order valence-electron chi connectivity index (χ2n) is 15.2. The molecule has 12 heteroatoms. The molecule has 3 aromatic rings. The summed E-state index contributed by atoms with van der Waals surface area (Å²) in [5.41, 5.74) is 2.00. The Kier molecular flexibility index (Phi) is 10.0. The molecule has 2 atom stereocenters. The molecular weight excluding hydrogens is 630 g/mol. The van der Waals surface area contributed by atoms with Gasteiger partial charge in [-0.3, -0.25) is 14.6 Å². The van der Waals surface area contributed by atoms with Crippen molar-refractivity contribution in [1.82, 2.24) is 29.0 Å². The molecule has 2 amide bonds. The highest BCUT2D eigenvalue weighted by atomic mass is 19.1. The van der Waals surface area contributed by atoms with Crippen LogP contribution in [-0.4, -0.2) is 124 Å². The zero-order chi connectivity index (χ0) is 35.2. The number of morpholine rings is 1. The van der Waals surface area contributed by atoms with Gasteiger partial charge in [-0.15, -0.1) is 0 Å². The average Bonchev–Trinajstić information content (AvgIpc) is 3.31. The van der Waals surface area contributed by atoms with Crippen LogP contribution in [0.4, 0.5) is 13.6 Å². The maximum atomic E-state index is 15.5. The lowest BCUT2D eigenvalue weighted by Gasteiger charge is -2.48. The minimum absolute atomic E-state index is 0.165. The number of aryl methyl sites for hydroxylation is 1. The Morgan fingerprint density at radius 3 is 2.41 bits per heavy atom. The Balaban J connectivity index is 1.21. The van der Waals surface area contributed by atoms with Crippen LogP contribution in [0, 0.1) is 24.6 Å². The number of hydrogen-bond acceptors (Lipinski definition) is 7. The molecule has 0 unspecified atom stereocenters. The summed E-state index contributed by atoms with van der Waals surface area (Å²) < 4.78 is 43.0. The number of pyridine rings is 1. The third-order valence-electron chi connectivity index (χ3n) is 10.1. The number of hydrogen-bond donors (Lipinski definition) is 0. The first-order valence-corrected chi connectivity index (χ1v) is 17.5. The van der Waals surface area contributed by atoms with Gasteiger partial charge in [0.2, 0.25) is 5.95 Å². The van der Waals surface area contributed by atoms with E-state index in [1.165, 1.54) is 12.1 Å². The van der Waals surface area contributed by atoms with Crippen LogP contribution < -0.4 is 0 Å². The van der Waals surface area contributed by atoms with Crippen LogP contribution in [0.2, 0.25) is 0 Å². The number of amides is 2. The van der Waals surface area contributed by atoms with E-state index in [1.807, 2.05) is 40.0 Å². The van der Waals surface area contributed by atoms with Gasteiger partial charge in [-0.2, -0.15) is 4.39 Å². The number of imidazole rings is 1. The first kappa shape index (κ1) is 35.2. The minimum atomic E-state index is -0.622. The lowest BCUT2D eigenvalue weighted by atomic mass is 9.86. The van der Waals surface area contributed by atoms with Crippen molar-refractivity contribution in [3.8, 4) is 11.1 Å². The Labute approximate surface area is 287 Å². The first-order chi connectivity index (χ1) is 23.2. The molecule has 5 heterocycles. The van der Waals surface area contributed by atoms with Crippen molar-refractivity contribution in [2.24, 2.45) is 5.92 Å². The van der Waals surface area contributed by atoms with Crippen molar-refractivity contribution >= 4 is 17.5 Å². The van der Waals surface area contributed by atoms with Gasteiger partial charge in [0, 0.05) is 76.1 Å². The number of piperazine rings is 1. The number of rotatable bonds is 7. The van der Waals surface area contributed by atoms with Crippen molar-refractivity contribution in [2.45, 2.75) is 72.1 Å². The lowest BCUT2D eigenvalue weighted by molar-refractivity contribution is 0.00334. The normalized spacial score (nSPS) is 20.6. The van der Waals surface area contributed by atoms with Gasteiger partial charge < -0.3 is 23.7 Å². The van der Waals surface area contributed by atoms with Crippen LogP contribution in [0.3, 0.4) is 0 Å². The highest BCUT2D eigenvalue weighted by Crippen LogP contribution is 2.38. The maximum Gasteiger partial charge on any atom is 0.410 e. The minimum Gasteiger partial charge on any atom is -0.444 e. The van der Waals surface area contributed by atoms with E-state index in [0.717, 1.165) is 38.3 Å². The fourth-order valence-corrected chi connectivity index (χ4v) is 7.32. The summed E-state index contributed by atoms with van der Waals surface area (Å²) in [6, 6.07) is 6.30. The fourth-order valence-electron chi connectivity index (χ4n) is 7.32. The van der Waals surface area contributed by atoms with Gasteiger partial charge in [-0.1, -0.05) is 19.9 Å². The molecule has 266 valence electrons. The molecule has 0 N–H and O–H groups in total. The SMILES string of the molecule is Cc1nc(F)c2c(-c3ccc(F)cc3C(=O)N3CCOC[C@H]3C)cc(C3CN([C@@H](CN4CCN(C(=O)OC(C)(C)C)CC4)C(C)C)C3)cn12. The molecule has 3 fully saturated rings. The van der Waals surface area contributed by atoms with Crippen molar-refractivity contribution < 1.29 is 27.8 Å². The standard InChI is InChI=1S/C37H50F2N6O4/c1-23(2)32(21-41-10-12-42(13-11-41)36(47)49-37(5,6)7)43-18-27(19-43)26-16-30(33-34(39)40-25(4)45(33)20-26)29-9-8-28(38)17-31(29)35(46)44-14-15-48-22-24(44)3/h8-9,16-17,20,23-24,27,32H,10-15,18-19,21-22H2,1-7H3/t24-,32+/m1/s1. The van der Waals surface area contributed by atoms with Crippen LogP contribution in [-0.2, 0) is 9.47 Å². The fraction of sp³-hybridized carbons (Fsp3) is 0.595. The number of benzene rings is 1. The van der Waals surface area contributed by atoms with Gasteiger partial charge in [-0.25, -0.2) is 14.2 Å². The van der Waals surface area contributed by atoms with Gasteiger partial charge in [0.15, 0.2) is 0 Å². The van der Waals surface area contributed by atoms with Crippen molar-refractivity contribution in [2.75, 3.05) is 65.6 Å². The molecule has 10 nitrogen and oxygen atoms in total. The van der Waals surface area contributed by atoms with E-state index >= 15 is 4.39 Å². The Morgan fingerprint density at radius 2 is 1.76 bits per heavy atom. The lowest BCUT2D eigenvalue weighted by Crippen LogP contribution is -2.58. The zero-order valence-corrected chi connectivity index (χ0v) is 29.8. The van der Waals surface area contributed by atoms with Crippen LogP contribution in [0.1, 0.15) is 69.2 Å². The molecule has 1 aromatic carbocycles. The maximum absolute atomic E-state index is 15.5. The number of likely N-dealkylation sites (tertiary alicyclic amines) is 1. The Bertz CT molecular complexity index is 1690. The molecule has 3 aliphatic heterocycles. The molecular formula is C37H50F2N6O4. The van der Waals surface area contributed by atoms with E-state index in [-0.39, 0.29) is 35.0 Å². The molecule has 49 heavy (non-hydrogen) atoms. The summed E-state index contributed by atoms with van der Waals surface area (Å²) in [7, 11) is 0. The van der Waals surface area contributed by atoms with Crippen LogP contribution in [0.25, 0.3) is 16.6 Å². The summed E-state index contributed by atoms with van der Waals surface area (Å²) >= 11 is 0. The second-order valence-corrected chi connectivity index (χ2v) is 15.2. The van der Waals surface area contributed by atoms with Crippen molar-refractivity contribution in [1.29, 1.82) is 0 Å². The number of halogens is 2. The van der Waals surface area contributed by atoms with Gasteiger partial charge in [0.25, 0.3) is 5.91 Å². The van der Waals surface area contributed by atoms with Gasteiger partial charge in [0.1, 0.15) is 22.8 Å². The summed E-state index contributed by atoms with van der Waals surface area (Å²) in [6.07, 6.45) is 1.71. The van der Waals surface area contributed by atoms with E-state index in [1.54, 1.807) is 27.2 Å². The summed E-state index contributed by atoms with van der Waals surface area (Å²) in [5.74, 6) is -0.323. The molecule has 0 radical (unpaired) electrons. The van der Waals surface area contributed by atoms with E-state index in [0.29, 0.717) is 61.8 Å². The topological polar surface area (TPSA) is 82.9 Å². The number of ether oxygens (including phenoxy) is 2. The predicted octanol–water partition coefficient (Wildman–Crippen LogP) is 5.43. The van der Waals surface area contributed by atoms with Gasteiger partial charge in [-0.05, 0) is 69.9 Å². The van der Waals surface area contributed by atoms with Crippen LogP contribution in [0.5, 0.6) is 0 Å². The molecule has 6 rings (SSSR count). The smallest absolute Gasteiger partial charge is 0.410 e. The van der Waals surface area contributed by atoms with E-state index in [4.69, 9.17) is 9.47 Å². The predicted molar refractivity (Wildman–Crippen MR) is 184 cm³/mol. The number of carbonyl (C=O) groups is 2. The molecule has 2 aromatic heterocycles. The van der Waals surface area contributed by atoms with Crippen molar-refractivity contribution in [3.05, 3.63) is 59.2 Å². The van der Waals surface area contributed by atoms with Gasteiger partial charge >= 0.3 is 6.09 Å².